The minimum absolute atomic E-state index is 0. The van der Waals surface area contributed by atoms with Gasteiger partial charge in [-0.25, -0.2) is 4.39 Å². The van der Waals surface area contributed by atoms with Crippen molar-refractivity contribution in [1.29, 1.82) is 0 Å². The summed E-state index contributed by atoms with van der Waals surface area (Å²) in [6.07, 6.45) is 2.33. The van der Waals surface area contributed by atoms with Crippen LogP contribution in [0.15, 0.2) is 34.2 Å². The Balaban J connectivity index is 0.00000400. The van der Waals surface area contributed by atoms with Crippen LogP contribution in [0.1, 0.15) is 19.8 Å². The van der Waals surface area contributed by atoms with Gasteiger partial charge in [-0.3, -0.25) is 4.99 Å². The van der Waals surface area contributed by atoms with Crippen LogP contribution in [0.5, 0.6) is 0 Å². The van der Waals surface area contributed by atoms with E-state index in [9.17, 15) is 4.39 Å². The van der Waals surface area contributed by atoms with Crippen molar-refractivity contribution in [3.8, 4) is 0 Å². The third kappa shape index (κ3) is 7.90. The monoisotopic (exact) mass is 425 g/mol. The zero-order valence-electron chi connectivity index (χ0n) is 12.9. The Morgan fingerprint density at radius 2 is 2.10 bits per heavy atom. The summed E-state index contributed by atoms with van der Waals surface area (Å²) in [5, 5.41) is 3.30. The molecule has 0 aromatic heterocycles. The molecule has 0 heterocycles. The highest BCUT2D eigenvalue weighted by atomic mass is 127. The Morgan fingerprint density at radius 3 is 2.71 bits per heavy atom. The summed E-state index contributed by atoms with van der Waals surface area (Å²) < 4.78 is 13.4. The number of hydrogen-bond acceptors (Lipinski definition) is 2. The molecule has 21 heavy (non-hydrogen) atoms. The van der Waals surface area contributed by atoms with Gasteiger partial charge in [-0.2, -0.15) is 0 Å². The third-order valence-electron chi connectivity index (χ3n) is 2.90. The average Bonchev–Trinajstić information content (AvgIpc) is 2.46. The van der Waals surface area contributed by atoms with Crippen LogP contribution in [0.2, 0.25) is 0 Å². The van der Waals surface area contributed by atoms with Gasteiger partial charge >= 0.3 is 0 Å². The Labute approximate surface area is 148 Å². The van der Waals surface area contributed by atoms with Crippen molar-refractivity contribution in [2.45, 2.75) is 24.7 Å². The first-order chi connectivity index (χ1) is 9.69. The van der Waals surface area contributed by atoms with Gasteiger partial charge in [-0.15, -0.1) is 35.7 Å². The van der Waals surface area contributed by atoms with E-state index in [1.165, 1.54) is 24.2 Å². The van der Waals surface area contributed by atoms with E-state index in [4.69, 9.17) is 0 Å². The van der Waals surface area contributed by atoms with Crippen molar-refractivity contribution < 1.29 is 4.39 Å². The van der Waals surface area contributed by atoms with Gasteiger partial charge in [0.1, 0.15) is 5.82 Å². The molecule has 0 bridgehead atoms. The van der Waals surface area contributed by atoms with E-state index < -0.39 is 0 Å². The molecule has 0 amide bonds. The summed E-state index contributed by atoms with van der Waals surface area (Å²) in [4.78, 5) is 7.07. The standard InChI is InChI=1S/C15H24FN3S.HI/c1-4-5-11-19(3)15(17-2)18-10-12-20-14-9-7-6-8-13(14)16;/h6-9H,4-5,10-12H2,1-3H3,(H,17,18);1H. The Kier molecular flexibility index (Phi) is 11.8. The van der Waals surface area contributed by atoms with Crippen LogP contribution in [-0.2, 0) is 0 Å². The number of hydrogen-bond donors (Lipinski definition) is 1. The van der Waals surface area contributed by atoms with E-state index in [1.54, 1.807) is 13.1 Å². The normalized spacial score (nSPS) is 11.0. The van der Waals surface area contributed by atoms with Crippen LogP contribution < -0.4 is 5.32 Å². The molecule has 3 nitrogen and oxygen atoms in total. The van der Waals surface area contributed by atoms with Crippen molar-refractivity contribution in [2.75, 3.05) is 32.9 Å². The largest absolute Gasteiger partial charge is 0.355 e. The molecule has 0 saturated carbocycles. The molecule has 120 valence electrons. The molecule has 1 aromatic carbocycles. The molecular weight excluding hydrogens is 400 g/mol. The molecule has 0 saturated heterocycles. The molecule has 0 aliphatic carbocycles. The minimum atomic E-state index is -0.151. The number of thioether (sulfide) groups is 1. The number of nitrogens with zero attached hydrogens (tertiary/aromatic N) is 2. The van der Waals surface area contributed by atoms with Crippen molar-refractivity contribution in [3.63, 3.8) is 0 Å². The van der Waals surface area contributed by atoms with Gasteiger partial charge in [-0.1, -0.05) is 25.5 Å². The summed E-state index contributed by atoms with van der Waals surface area (Å²) in [6.45, 7) is 3.94. The average molecular weight is 425 g/mol. The molecule has 1 N–H and O–H groups in total. The minimum Gasteiger partial charge on any atom is -0.355 e. The smallest absolute Gasteiger partial charge is 0.193 e. The van der Waals surface area contributed by atoms with Gasteiger partial charge in [0.15, 0.2) is 5.96 Å². The maximum absolute atomic E-state index is 13.4. The van der Waals surface area contributed by atoms with Crippen LogP contribution >= 0.6 is 35.7 Å². The Hall–Kier alpha value is -0.500. The highest BCUT2D eigenvalue weighted by Gasteiger charge is 2.05. The molecule has 0 radical (unpaired) electrons. The van der Waals surface area contributed by atoms with Crippen molar-refractivity contribution in [1.82, 2.24) is 10.2 Å². The van der Waals surface area contributed by atoms with E-state index in [0.29, 0.717) is 4.90 Å². The van der Waals surface area contributed by atoms with Crippen LogP contribution in [0, 0.1) is 5.82 Å². The lowest BCUT2D eigenvalue weighted by Gasteiger charge is -2.21. The van der Waals surface area contributed by atoms with E-state index in [1.807, 2.05) is 19.2 Å². The second-order valence-electron chi connectivity index (χ2n) is 4.53. The summed E-state index contributed by atoms with van der Waals surface area (Å²) in [5.74, 6) is 1.55. The zero-order chi connectivity index (χ0) is 14.8. The van der Waals surface area contributed by atoms with Crippen molar-refractivity contribution in [2.24, 2.45) is 4.99 Å². The molecule has 0 aliphatic heterocycles. The fraction of sp³-hybridized carbons (Fsp3) is 0.533. The quantitative estimate of drug-likeness (QED) is 0.237. The molecular formula is C15H25FIN3S. The van der Waals surface area contributed by atoms with Crippen molar-refractivity contribution >= 4 is 41.7 Å². The van der Waals surface area contributed by atoms with E-state index in [0.717, 1.165) is 31.2 Å². The molecule has 0 spiro atoms. The zero-order valence-corrected chi connectivity index (χ0v) is 16.1. The molecule has 1 aromatic rings. The summed E-state index contributed by atoms with van der Waals surface area (Å²) >= 11 is 1.52. The van der Waals surface area contributed by atoms with E-state index in [-0.39, 0.29) is 29.8 Å². The van der Waals surface area contributed by atoms with Crippen LogP contribution in [0.3, 0.4) is 0 Å². The topological polar surface area (TPSA) is 27.6 Å². The molecule has 0 aliphatic rings. The predicted octanol–water partition coefficient (Wildman–Crippen LogP) is 3.84. The maximum Gasteiger partial charge on any atom is 0.193 e. The number of aliphatic imine (C=N–C) groups is 1. The molecule has 1 rings (SSSR count). The third-order valence-corrected chi connectivity index (χ3v) is 3.95. The highest BCUT2D eigenvalue weighted by molar-refractivity contribution is 14.0. The lowest BCUT2D eigenvalue weighted by Crippen LogP contribution is -2.40. The lowest BCUT2D eigenvalue weighted by atomic mass is 10.3. The number of rotatable bonds is 7. The molecule has 0 fully saturated rings. The van der Waals surface area contributed by atoms with E-state index in [2.05, 4.69) is 22.1 Å². The first-order valence-corrected chi connectivity index (χ1v) is 7.96. The maximum atomic E-state index is 13.4. The number of halogens is 2. The van der Waals surface area contributed by atoms with Gasteiger partial charge in [-0.05, 0) is 18.6 Å². The number of unbranched alkanes of at least 4 members (excludes halogenated alkanes) is 1. The second kappa shape index (κ2) is 12.1. The van der Waals surface area contributed by atoms with Crippen LogP contribution in [0.25, 0.3) is 0 Å². The number of guanidine groups is 1. The van der Waals surface area contributed by atoms with Gasteiger partial charge in [0.2, 0.25) is 0 Å². The second-order valence-corrected chi connectivity index (χ2v) is 5.66. The number of nitrogens with one attached hydrogen (secondary N) is 1. The van der Waals surface area contributed by atoms with Gasteiger partial charge < -0.3 is 10.2 Å². The van der Waals surface area contributed by atoms with E-state index >= 15 is 0 Å². The predicted molar refractivity (Wildman–Crippen MR) is 101 cm³/mol. The van der Waals surface area contributed by atoms with Gasteiger partial charge in [0.25, 0.3) is 0 Å². The number of benzene rings is 1. The molecule has 6 heteroatoms. The first-order valence-electron chi connectivity index (χ1n) is 6.98. The molecule has 0 atom stereocenters. The summed E-state index contributed by atoms with van der Waals surface area (Å²) in [6, 6.07) is 6.87. The molecule has 0 unspecified atom stereocenters. The summed E-state index contributed by atoms with van der Waals surface area (Å²) in [5.41, 5.74) is 0. The van der Waals surface area contributed by atoms with Crippen LogP contribution in [-0.4, -0.2) is 43.8 Å². The summed E-state index contributed by atoms with van der Waals surface area (Å²) in [7, 11) is 3.82. The fourth-order valence-corrected chi connectivity index (χ4v) is 2.58. The SMILES string of the molecule is CCCCN(C)C(=NC)NCCSc1ccccc1F.I. The fourth-order valence-electron chi connectivity index (χ4n) is 1.77. The first kappa shape index (κ1) is 20.5. The van der Waals surface area contributed by atoms with Gasteiger partial charge in [0.05, 0.1) is 0 Å². The Morgan fingerprint density at radius 1 is 1.38 bits per heavy atom. The highest BCUT2D eigenvalue weighted by Crippen LogP contribution is 2.20. The Bertz CT molecular complexity index is 429. The lowest BCUT2D eigenvalue weighted by molar-refractivity contribution is 0.467. The van der Waals surface area contributed by atoms with Gasteiger partial charge in [0, 0.05) is 37.8 Å². The van der Waals surface area contributed by atoms with Crippen molar-refractivity contribution in [3.05, 3.63) is 30.1 Å². The van der Waals surface area contributed by atoms with Crippen LogP contribution in [0.4, 0.5) is 4.39 Å².